The number of aryl methyl sites for hydroxylation is 1. The molecular weight excluding hydrogens is 515 g/mol. The Hall–Kier alpha value is -1.62. The molecule has 0 bridgehead atoms. The number of aromatic nitrogens is 4. The zero-order chi connectivity index (χ0) is 20.2. The Morgan fingerprint density at radius 2 is 1.93 bits per heavy atom. The minimum Gasteiger partial charge on any atom is -0.367 e. The average molecular weight is 545 g/mol. The number of hydrogen-bond acceptors (Lipinski definition) is 5. The molecule has 1 aliphatic heterocycles. The van der Waals surface area contributed by atoms with Crippen LogP contribution in [0.15, 0.2) is 23.5 Å². The molecule has 1 saturated carbocycles. The van der Waals surface area contributed by atoms with Crippen molar-refractivity contribution in [2.24, 2.45) is 12.0 Å². The fourth-order valence-electron chi connectivity index (χ4n) is 4.01. The van der Waals surface area contributed by atoms with Crippen molar-refractivity contribution in [2.45, 2.75) is 45.2 Å². The van der Waals surface area contributed by atoms with Gasteiger partial charge >= 0.3 is 0 Å². The van der Waals surface area contributed by atoms with Crippen molar-refractivity contribution in [1.82, 2.24) is 30.0 Å². The normalized spacial score (nSPS) is 17.9. The monoisotopic (exact) mass is 544 g/mol. The van der Waals surface area contributed by atoms with Gasteiger partial charge in [0.15, 0.2) is 11.8 Å². The predicted octanol–water partition coefficient (Wildman–Crippen LogP) is 3.00. The van der Waals surface area contributed by atoms with Gasteiger partial charge in [0.2, 0.25) is 0 Å². The number of nitrogens with zero attached hydrogens (tertiary/aromatic N) is 7. The molecule has 0 aromatic carbocycles. The maximum Gasteiger partial charge on any atom is 0.194 e. The maximum absolute atomic E-state index is 6.34. The summed E-state index contributed by atoms with van der Waals surface area (Å²) in [6, 6.07) is 2.50. The minimum atomic E-state index is 0. The molecule has 1 aliphatic carbocycles. The number of halogens is 2. The van der Waals surface area contributed by atoms with E-state index in [2.05, 4.69) is 30.3 Å². The SMILES string of the molecule is Cc1nnc(CN=C(NC2CCCC2)N2CCN(c3ccncc3Cl)CC2)n1C.I. The molecule has 3 heterocycles. The number of hydrogen-bond donors (Lipinski definition) is 1. The van der Waals surface area contributed by atoms with Gasteiger partial charge in [-0.25, -0.2) is 4.99 Å². The van der Waals surface area contributed by atoms with Crippen molar-refractivity contribution in [3.63, 3.8) is 0 Å². The summed E-state index contributed by atoms with van der Waals surface area (Å²) in [6.07, 6.45) is 8.53. The van der Waals surface area contributed by atoms with Crippen LogP contribution in [0.1, 0.15) is 37.3 Å². The van der Waals surface area contributed by atoms with Crippen molar-refractivity contribution in [3.05, 3.63) is 35.1 Å². The zero-order valence-electron chi connectivity index (χ0n) is 17.6. The van der Waals surface area contributed by atoms with E-state index in [0.29, 0.717) is 17.6 Å². The van der Waals surface area contributed by atoms with Crippen LogP contribution in [0.25, 0.3) is 0 Å². The molecule has 0 radical (unpaired) electrons. The molecule has 2 aromatic rings. The lowest BCUT2D eigenvalue weighted by molar-refractivity contribution is 0.365. The highest BCUT2D eigenvalue weighted by Crippen LogP contribution is 2.25. The number of aliphatic imine (C=N–C) groups is 1. The summed E-state index contributed by atoms with van der Waals surface area (Å²) in [5.74, 6) is 2.77. The van der Waals surface area contributed by atoms with Crippen LogP contribution in [0.5, 0.6) is 0 Å². The third-order valence-electron chi connectivity index (χ3n) is 5.91. The van der Waals surface area contributed by atoms with Gasteiger partial charge in [-0.3, -0.25) is 4.98 Å². The van der Waals surface area contributed by atoms with Crippen molar-refractivity contribution in [2.75, 3.05) is 31.1 Å². The summed E-state index contributed by atoms with van der Waals surface area (Å²) >= 11 is 6.34. The molecule has 4 rings (SSSR count). The summed E-state index contributed by atoms with van der Waals surface area (Å²) < 4.78 is 2.00. The van der Waals surface area contributed by atoms with Gasteiger partial charge in [-0.05, 0) is 25.8 Å². The second kappa shape index (κ2) is 10.6. The molecule has 10 heteroatoms. The van der Waals surface area contributed by atoms with E-state index in [0.717, 1.165) is 49.5 Å². The number of rotatable bonds is 4. The predicted molar refractivity (Wildman–Crippen MR) is 131 cm³/mol. The molecule has 0 atom stereocenters. The summed E-state index contributed by atoms with van der Waals surface area (Å²) in [5, 5.41) is 12.8. The molecule has 2 aromatic heterocycles. The van der Waals surface area contributed by atoms with Crippen molar-refractivity contribution in [1.29, 1.82) is 0 Å². The molecule has 0 spiro atoms. The number of nitrogens with one attached hydrogen (secondary N) is 1. The van der Waals surface area contributed by atoms with Crippen LogP contribution in [0.2, 0.25) is 5.02 Å². The minimum absolute atomic E-state index is 0. The first-order chi connectivity index (χ1) is 14.1. The largest absolute Gasteiger partial charge is 0.367 e. The lowest BCUT2D eigenvalue weighted by Gasteiger charge is -2.38. The van der Waals surface area contributed by atoms with Gasteiger partial charge < -0.3 is 19.7 Å². The van der Waals surface area contributed by atoms with E-state index in [9.17, 15) is 0 Å². The van der Waals surface area contributed by atoms with E-state index in [1.807, 2.05) is 24.6 Å². The third kappa shape index (κ3) is 5.35. The van der Waals surface area contributed by atoms with Gasteiger partial charge in [-0.1, -0.05) is 24.4 Å². The third-order valence-corrected chi connectivity index (χ3v) is 6.20. The quantitative estimate of drug-likeness (QED) is 0.362. The molecular formula is C20H30ClIN8. The lowest BCUT2D eigenvalue weighted by atomic mass is 10.2. The molecule has 30 heavy (non-hydrogen) atoms. The van der Waals surface area contributed by atoms with E-state index in [1.54, 1.807) is 12.4 Å². The zero-order valence-corrected chi connectivity index (χ0v) is 20.7. The van der Waals surface area contributed by atoms with E-state index in [1.165, 1.54) is 25.7 Å². The maximum atomic E-state index is 6.34. The lowest BCUT2D eigenvalue weighted by Crippen LogP contribution is -2.54. The second-order valence-corrected chi connectivity index (χ2v) is 8.20. The summed E-state index contributed by atoms with van der Waals surface area (Å²) in [5.41, 5.74) is 1.05. The Labute approximate surface area is 200 Å². The highest BCUT2D eigenvalue weighted by atomic mass is 127. The number of pyridine rings is 1. The first-order valence-electron chi connectivity index (χ1n) is 10.4. The van der Waals surface area contributed by atoms with Crippen LogP contribution in [0, 0.1) is 6.92 Å². The van der Waals surface area contributed by atoms with Crippen LogP contribution < -0.4 is 10.2 Å². The standard InChI is InChI=1S/C20H29ClN8.HI/c1-15-25-26-19(27(15)2)14-23-20(24-16-5-3-4-6-16)29-11-9-28(10-12-29)18-7-8-22-13-17(18)21;/h7-8,13,16H,3-6,9-12,14H2,1-2H3,(H,23,24);1H. The fourth-order valence-corrected chi connectivity index (χ4v) is 4.25. The molecule has 1 N–H and O–H groups in total. The number of piperazine rings is 1. The molecule has 1 saturated heterocycles. The molecule has 2 aliphatic rings. The van der Waals surface area contributed by atoms with Crippen LogP contribution in [0.3, 0.4) is 0 Å². The van der Waals surface area contributed by atoms with Gasteiger partial charge in [0.1, 0.15) is 12.4 Å². The highest BCUT2D eigenvalue weighted by molar-refractivity contribution is 14.0. The Balaban J connectivity index is 0.00000256. The average Bonchev–Trinajstić information content (AvgIpc) is 3.36. The summed E-state index contributed by atoms with van der Waals surface area (Å²) in [6.45, 7) is 6.09. The van der Waals surface area contributed by atoms with E-state index < -0.39 is 0 Å². The van der Waals surface area contributed by atoms with Gasteiger partial charge in [0.25, 0.3) is 0 Å². The second-order valence-electron chi connectivity index (χ2n) is 7.79. The van der Waals surface area contributed by atoms with Gasteiger partial charge in [0, 0.05) is 51.7 Å². The Morgan fingerprint density at radius 3 is 2.57 bits per heavy atom. The van der Waals surface area contributed by atoms with Gasteiger partial charge in [-0.2, -0.15) is 0 Å². The smallest absolute Gasteiger partial charge is 0.194 e. The fraction of sp³-hybridized carbons (Fsp3) is 0.600. The van der Waals surface area contributed by atoms with Gasteiger partial charge in [-0.15, -0.1) is 34.2 Å². The van der Waals surface area contributed by atoms with Crippen LogP contribution >= 0.6 is 35.6 Å². The summed E-state index contributed by atoms with van der Waals surface area (Å²) in [4.78, 5) is 13.7. The molecule has 2 fully saturated rings. The van der Waals surface area contributed by atoms with E-state index >= 15 is 0 Å². The van der Waals surface area contributed by atoms with Crippen LogP contribution in [0.4, 0.5) is 5.69 Å². The topological polar surface area (TPSA) is 74.5 Å². The Bertz CT molecular complexity index is 856. The Kier molecular flexibility index (Phi) is 8.15. The van der Waals surface area contributed by atoms with E-state index in [-0.39, 0.29) is 24.0 Å². The Morgan fingerprint density at radius 1 is 1.20 bits per heavy atom. The first kappa shape index (κ1) is 23.1. The number of guanidine groups is 1. The summed E-state index contributed by atoms with van der Waals surface area (Å²) in [7, 11) is 1.99. The van der Waals surface area contributed by atoms with Crippen LogP contribution in [-0.2, 0) is 13.6 Å². The molecule has 0 amide bonds. The molecule has 8 nitrogen and oxygen atoms in total. The molecule has 0 unspecified atom stereocenters. The van der Waals surface area contributed by atoms with Crippen molar-refractivity contribution >= 4 is 47.2 Å². The van der Waals surface area contributed by atoms with Crippen molar-refractivity contribution in [3.8, 4) is 0 Å². The molecule has 164 valence electrons. The number of anilines is 1. The van der Waals surface area contributed by atoms with Crippen LogP contribution in [-0.4, -0.2) is 62.8 Å². The van der Waals surface area contributed by atoms with E-state index in [4.69, 9.17) is 16.6 Å². The first-order valence-corrected chi connectivity index (χ1v) is 10.7. The van der Waals surface area contributed by atoms with Crippen molar-refractivity contribution < 1.29 is 0 Å². The van der Waals surface area contributed by atoms with Gasteiger partial charge in [0.05, 0.1) is 10.7 Å². The highest BCUT2D eigenvalue weighted by Gasteiger charge is 2.24.